The van der Waals surface area contributed by atoms with Crippen molar-refractivity contribution < 1.29 is 5.11 Å². The van der Waals surface area contributed by atoms with Gasteiger partial charge in [0.25, 0.3) is 0 Å². The number of hydrogen-bond donors (Lipinski definition) is 1. The molecule has 0 aromatic heterocycles. The zero-order valence-electron chi connectivity index (χ0n) is 11.9. The maximum atomic E-state index is 11.3. The average molecular weight is 331 g/mol. The van der Waals surface area contributed by atoms with Crippen molar-refractivity contribution >= 4 is 15.9 Å². The first kappa shape index (κ1) is 13.8. The molecule has 1 nitrogen and oxygen atoms in total. The van der Waals surface area contributed by atoms with Gasteiger partial charge in [-0.3, -0.25) is 0 Å². The fourth-order valence-corrected chi connectivity index (χ4v) is 3.59. The molecular formula is C18H19BrO. The fourth-order valence-electron chi connectivity index (χ4n) is 3.23. The van der Waals surface area contributed by atoms with Crippen molar-refractivity contribution in [2.75, 3.05) is 0 Å². The van der Waals surface area contributed by atoms with Gasteiger partial charge in [-0.1, -0.05) is 66.2 Å². The monoisotopic (exact) mass is 330 g/mol. The van der Waals surface area contributed by atoms with Crippen LogP contribution in [0.15, 0.2) is 53.0 Å². The minimum absolute atomic E-state index is 0.108. The molecule has 20 heavy (non-hydrogen) atoms. The van der Waals surface area contributed by atoms with Crippen LogP contribution in [0, 0.1) is 0 Å². The molecule has 104 valence electrons. The molecule has 0 radical (unpaired) electrons. The second-order valence-electron chi connectivity index (χ2n) is 6.30. The lowest BCUT2D eigenvalue weighted by Gasteiger charge is -2.42. The predicted octanol–water partition coefficient (Wildman–Crippen LogP) is 4.76. The van der Waals surface area contributed by atoms with Gasteiger partial charge in [-0.25, -0.2) is 0 Å². The lowest BCUT2D eigenvalue weighted by molar-refractivity contribution is 0.0496. The number of fused-ring (bicyclic) bond motifs is 1. The molecule has 1 aliphatic carbocycles. The van der Waals surface area contributed by atoms with Gasteiger partial charge in [0.15, 0.2) is 0 Å². The Morgan fingerprint density at radius 2 is 1.65 bits per heavy atom. The number of benzene rings is 2. The van der Waals surface area contributed by atoms with Gasteiger partial charge in [0.1, 0.15) is 5.60 Å². The van der Waals surface area contributed by atoms with Crippen LogP contribution >= 0.6 is 15.9 Å². The fraction of sp³-hybridized carbons (Fsp3) is 0.333. The van der Waals surface area contributed by atoms with E-state index in [0.29, 0.717) is 0 Å². The first-order valence-corrected chi connectivity index (χ1v) is 7.81. The third-order valence-electron chi connectivity index (χ3n) is 4.52. The molecule has 3 rings (SSSR count). The zero-order valence-corrected chi connectivity index (χ0v) is 13.4. The molecule has 1 aliphatic rings. The minimum Gasteiger partial charge on any atom is -0.380 e. The molecule has 0 saturated heterocycles. The maximum absolute atomic E-state index is 11.3. The number of rotatable bonds is 1. The van der Waals surface area contributed by atoms with Crippen molar-refractivity contribution in [3.8, 4) is 0 Å². The van der Waals surface area contributed by atoms with Crippen molar-refractivity contribution in [3.63, 3.8) is 0 Å². The van der Waals surface area contributed by atoms with E-state index in [1.54, 1.807) is 0 Å². The van der Waals surface area contributed by atoms with Crippen LogP contribution in [0.5, 0.6) is 0 Å². The van der Waals surface area contributed by atoms with Crippen LogP contribution < -0.4 is 0 Å². The third-order valence-corrected chi connectivity index (χ3v) is 5.01. The Labute approximate surface area is 128 Å². The molecule has 0 heterocycles. The quantitative estimate of drug-likeness (QED) is 0.799. The summed E-state index contributed by atoms with van der Waals surface area (Å²) in [5.74, 6) is 0. The highest BCUT2D eigenvalue weighted by molar-refractivity contribution is 9.10. The van der Waals surface area contributed by atoms with E-state index in [9.17, 15) is 5.11 Å². The molecule has 2 heteroatoms. The molecule has 1 atom stereocenters. The van der Waals surface area contributed by atoms with Gasteiger partial charge in [0, 0.05) is 4.47 Å². The molecule has 0 fully saturated rings. The van der Waals surface area contributed by atoms with Crippen LogP contribution in [0.25, 0.3) is 0 Å². The second-order valence-corrected chi connectivity index (χ2v) is 7.22. The maximum Gasteiger partial charge on any atom is 0.115 e. The highest BCUT2D eigenvalue weighted by atomic mass is 79.9. The van der Waals surface area contributed by atoms with E-state index < -0.39 is 5.60 Å². The molecule has 2 aromatic carbocycles. The van der Waals surface area contributed by atoms with E-state index >= 15 is 0 Å². The summed E-state index contributed by atoms with van der Waals surface area (Å²) >= 11 is 3.54. The van der Waals surface area contributed by atoms with E-state index in [-0.39, 0.29) is 5.41 Å². The van der Waals surface area contributed by atoms with E-state index in [1.165, 1.54) is 5.56 Å². The summed E-state index contributed by atoms with van der Waals surface area (Å²) in [6.45, 7) is 4.51. The van der Waals surface area contributed by atoms with Gasteiger partial charge in [0.2, 0.25) is 0 Å². The highest BCUT2D eigenvalue weighted by Gasteiger charge is 2.42. The van der Waals surface area contributed by atoms with Crippen molar-refractivity contribution in [2.24, 2.45) is 0 Å². The van der Waals surface area contributed by atoms with Crippen molar-refractivity contribution in [1.29, 1.82) is 0 Å². The Hall–Kier alpha value is -1.12. The van der Waals surface area contributed by atoms with Crippen molar-refractivity contribution in [3.05, 3.63) is 69.7 Å². The first-order chi connectivity index (χ1) is 9.43. The van der Waals surface area contributed by atoms with Crippen LogP contribution in [-0.4, -0.2) is 5.11 Å². The summed E-state index contributed by atoms with van der Waals surface area (Å²) < 4.78 is 1.02. The molecule has 1 unspecified atom stereocenters. The summed E-state index contributed by atoms with van der Waals surface area (Å²) in [5, 5.41) is 11.3. The van der Waals surface area contributed by atoms with Gasteiger partial charge in [-0.2, -0.15) is 0 Å². The summed E-state index contributed by atoms with van der Waals surface area (Å²) in [4.78, 5) is 0. The Balaban J connectivity index is 2.24. The molecule has 2 aromatic rings. The topological polar surface area (TPSA) is 20.2 Å². The lowest BCUT2D eigenvalue weighted by Crippen LogP contribution is -2.38. The van der Waals surface area contributed by atoms with Crippen LogP contribution in [0.3, 0.4) is 0 Å². The largest absolute Gasteiger partial charge is 0.380 e. The van der Waals surface area contributed by atoms with Gasteiger partial charge in [-0.15, -0.1) is 0 Å². The Kier molecular flexibility index (Phi) is 3.26. The average Bonchev–Trinajstić information content (AvgIpc) is 2.44. The van der Waals surface area contributed by atoms with Gasteiger partial charge >= 0.3 is 0 Å². The predicted molar refractivity (Wildman–Crippen MR) is 85.8 cm³/mol. The third kappa shape index (κ3) is 2.11. The van der Waals surface area contributed by atoms with Crippen LogP contribution in [0.1, 0.15) is 43.4 Å². The van der Waals surface area contributed by atoms with Gasteiger partial charge in [0.05, 0.1) is 0 Å². The second kappa shape index (κ2) is 4.71. The van der Waals surface area contributed by atoms with E-state index in [4.69, 9.17) is 0 Å². The van der Waals surface area contributed by atoms with E-state index in [2.05, 4.69) is 48.0 Å². The summed E-state index contributed by atoms with van der Waals surface area (Å²) in [5.41, 5.74) is 2.50. The number of halogens is 1. The van der Waals surface area contributed by atoms with Crippen molar-refractivity contribution in [2.45, 2.75) is 37.7 Å². The van der Waals surface area contributed by atoms with E-state index in [0.717, 1.165) is 28.4 Å². The normalized spacial score (nSPS) is 24.2. The molecule has 0 amide bonds. The highest BCUT2D eigenvalue weighted by Crippen LogP contribution is 2.48. The van der Waals surface area contributed by atoms with Crippen LogP contribution in [0.4, 0.5) is 0 Å². The van der Waals surface area contributed by atoms with Gasteiger partial charge < -0.3 is 5.11 Å². The first-order valence-electron chi connectivity index (χ1n) is 7.02. The van der Waals surface area contributed by atoms with Gasteiger partial charge in [-0.05, 0) is 47.1 Å². The molecule has 0 bridgehead atoms. The Morgan fingerprint density at radius 1 is 0.950 bits per heavy atom. The van der Waals surface area contributed by atoms with E-state index in [1.807, 2.05) is 30.3 Å². The molecule has 0 aliphatic heterocycles. The number of hydrogen-bond acceptors (Lipinski definition) is 1. The standard InChI is InChI=1S/C18H19BrO/c1-17(2)10-11-18(20,13-6-4-3-5-7-13)16-12-14(19)8-9-15(16)17/h3-9,12,20H,10-11H2,1-2H3. The smallest absolute Gasteiger partial charge is 0.115 e. The van der Waals surface area contributed by atoms with Crippen LogP contribution in [0.2, 0.25) is 0 Å². The summed E-state index contributed by atoms with van der Waals surface area (Å²) in [7, 11) is 0. The molecule has 0 spiro atoms. The molecule has 1 N–H and O–H groups in total. The minimum atomic E-state index is -0.879. The van der Waals surface area contributed by atoms with Crippen molar-refractivity contribution in [1.82, 2.24) is 0 Å². The summed E-state index contributed by atoms with van der Waals surface area (Å²) in [6.07, 6.45) is 1.74. The Morgan fingerprint density at radius 3 is 2.35 bits per heavy atom. The Bertz CT molecular complexity index is 633. The summed E-state index contributed by atoms with van der Waals surface area (Å²) in [6, 6.07) is 16.3. The SMILES string of the molecule is CC1(C)CCC(O)(c2ccccc2)c2cc(Br)ccc21. The van der Waals surface area contributed by atoms with Crippen LogP contribution in [-0.2, 0) is 11.0 Å². The zero-order chi connectivity index (χ0) is 14.4. The number of aliphatic hydroxyl groups is 1. The molecular weight excluding hydrogens is 312 g/mol. The molecule has 0 saturated carbocycles. The lowest BCUT2D eigenvalue weighted by atomic mass is 9.65.